The number of fused-ring (bicyclic) bond motifs is 1. The van der Waals surface area contributed by atoms with Crippen LogP contribution >= 0.6 is 0 Å². The molecule has 0 fully saturated rings. The van der Waals surface area contributed by atoms with Gasteiger partial charge in [-0.15, -0.1) is 10.2 Å². The lowest BCUT2D eigenvalue weighted by Crippen LogP contribution is -2.05. The monoisotopic (exact) mass is 579 g/mol. The molecule has 0 spiro atoms. The summed E-state index contributed by atoms with van der Waals surface area (Å²) in [5.74, 6) is -1.94. The van der Waals surface area contributed by atoms with Gasteiger partial charge in [-0.1, -0.05) is 18.2 Å². The molecule has 0 atom stereocenters. The second-order valence-electron chi connectivity index (χ2n) is 9.42. The zero-order valence-electron chi connectivity index (χ0n) is 21.9. The van der Waals surface area contributed by atoms with Crippen LogP contribution in [0.25, 0.3) is 27.7 Å². The fourth-order valence-electron chi connectivity index (χ4n) is 4.47. The number of phenolic OH excluding ortho intramolecular Hbond substituents is 1. The van der Waals surface area contributed by atoms with Crippen molar-refractivity contribution in [2.24, 2.45) is 10.2 Å². The van der Waals surface area contributed by atoms with Gasteiger partial charge in [0.15, 0.2) is 11.4 Å². The van der Waals surface area contributed by atoms with Gasteiger partial charge in [-0.2, -0.15) is 13.2 Å². The van der Waals surface area contributed by atoms with Crippen molar-refractivity contribution in [1.82, 2.24) is 4.57 Å². The average molecular weight is 580 g/mol. The smallest absolute Gasteiger partial charge is 0.505 e. The van der Waals surface area contributed by atoms with Gasteiger partial charge < -0.3 is 20.1 Å². The molecule has 0 aliphatic rings. The number of ether oxygens (including phenoxy) is 1. The molecule has 0 saturated heterocycles. The van der Waals surface area contributed by atoms with Crippen LogP contribution < -0.4 is 4.74 Å². The molecule has 0 amide bonds. The molecule has 0 unspecified atom stereocenters. The maximum Gasteiger partial charge on any atom is 0.511 e. The molecule has 1 aromatic heterocycles. The lowest BCUT2D eigenvalue weighted by molar-refractivity contribution is -0.137. The first-order chi connectivity index (χ1) is 19.8. The summed E-state index contributed by atoms with van der Waals surface area (Å²) in [7, 11) is 0. The van der Waals surface area contributed by atoms with Gasteiger partial charge >= 0.3 is 12.3 Å². The van der Waals surface area contributed by atoms with E-state index in [1.165, 1.54) is 28.8 Å². The number of carboxylic acid groups (broad SMARTS) is 1. The van der Waals surface area contributed by atoms with Crippen LogP contribution in [0, 0.1) is 19.7 Å². The molecule has 42 heavy (non-hydrogen) atoms. The van der Waals surface area contributed by atoms with Crippen molar-refractivity contribution < 1.29 is 42.4 Å². The number of halogens is 4. The molecule has 3 N–H and O–H groups in total. The number of hydrogen-bond acceptors (Lipinski definition) is 6. The van der Waals surface area contributed by atoms with Crippen molar-refractivity contribution in [2.75, 3.05) is 0 Å². The molecular weight excluding hydrogens is 558 g/mol. The van der Waals surface area contributed by atoms with Gasteiger partial charge in [-0.25, -0.2) is 9.18 Å². The Bertz CT molecular complexity index is 1900. The number of rotatable bonds is 5. The zero-order chi connectivity index (χ0) is 30.3. The SMILES string of the molecule is Cc1ccc(-n2c(O)c(N=Nc3cc(F)cc(-c4cccc(OC(=O)O)c4)c3O)c3ccc(C(F)(F)F)cc32)cc1C. The minimum Gasteiger partial charge on any atom is -0.505 e. The number of aromatic hydroxyl groups is 2. The predicted molar refractivity (Wildman–Crippen MR) is 146 cm³/mol. The Morgan fingerprint density at radius 1 is 0.905 bits per heavy atom. The van der Waals surface area contributed by atoms with E-state index in [2.05, 4.69) is 15.0 Å². The van der Waals surface area contributed by atoms with E-state index >= 15 is 0 Å². The number of nitrogens with zero attached hydrogens (tertiary/aromatic N) is 3. The molecular formula is C30H21F4N3O5. The topological polar surface area (TPSA) is 117 Å². The number of azo groups is 1. The number of alkyl halides is 3. The van der Waals surface area contributed by atoms with E-state index in [0.717, 1.165) is 41.5 Å². The lowest BCUT2D eigenvalue weighted by Gasteiger charge is -2.11. The Hall–Kier alpha value is -5.39. The van der Waals surface area contributed by atoms with Crippen molar-refractivity contribution in [1.29, 1.82) is 0 Å². The van der Waals surface area contributed by atoms with Crippen LogP contribution in [0.1, 0.15) is 16.7 Å². The van der Waals surface area contributed by atoms with E-state index in [-0.39, 0.29) is 39.2 Å². The number of aromatic nitrogens is 1. The van der Waals surface area contributed by atoms with E-state index < -0.39 is 35.3 Å². The fourth-order valence-corrected chi connectivity index (χ4v) is 4.47. The molecule has 4 aromatic carbocycles. The normalized spacial score (nSPS) is 11.9. The molecule has 5 rings (SSSR count). The summed E-state index contributed by atoms with van der Waals surface area (Å²) >= 11 is 0. The standard InChI is InChI=1S/C30H21F4N3O5/c1-15-6-8-20(10-16(15)2)37-25-12-18(30(32,33)34)7-9-22(25)26(28(37)39)36-35-24-14-19(31)13-23(27(24)38)17-4-3-5-21(11-17)42-29(40)41/h3-14,38-39H,1-2H3,(H,40,41). The highest BCUT2D eigenvalue weighted by atomic mass is 19.4. The van der Waals surface area contributed by atoms with Gasteiger partial charge in [0.1, 0.15) is 17.3 Å². The number of carbonyl (C=O) groups is 1. The Labute approximate surface area is 235 Å². The number of hydrogen-bond donors (Lipinski definition) is 3. The van der Waals surface area contributed by atoms with Crippen LogP contribution in [0.5, 0.6) is 17.4 Å². The molecule has 8 nitrogen and oxygen atoms in total. The van der Waals surface area contributed by atoms with E-state index in [0.29, 0.717) is 5.69 Å². The minimum absolute atomic E-state index is 0.000994. The molecule has 1 heterocycles. The van der Waals surface area contributed by atoms with Crippen LogP contribution in [-0.2, 0) is 6.18 Å². The van der Waals surface area contributed by atoms with Gasteiger partial charge in [0, 0.05) is 22.7 Å². The van der Waals surface area contributed by atoms with E-state index in [1.54, 1.807) is 18.2 Å². The Balaban J connectivity index is 1.66. The second kappa shape index (κ2) is 10.5. The molecule has 0 aliphatic heterocycles. The lowest BCUT2D eigenvalue weighted by atomic mass is 10.0. The molecule has 12 heteroatoms. The molecule has 5 aromatic rings. The summed E-state index contributed by atoms with van der Waals surface area (Å²) in [4.78, 5) is 10.9. The van der Waals surface area contributed by atoms with Crippen molar-refractivity contribution in [3.05, 3.63) is 95.3 Å². The third-order valence-electron chi connectivity index (χ3n) is 6.66. The number of phenols is 1. The summed E-state index contributed by atoms with van der Waals surface area (Å²) in [6.45, 7) is 3.68. The van der Waals surface area contributed by atoms with Crippen molar-refractivity contribution in [2.45, 2.75) is 20.0 Å². The molecule has 0 radical (unpaired) electrons. The summed E-state index contributed by atoms with van der Waals surface area (Å²) in [6, 6.07) is 15.4. The molecule has 214 valence electrons. The third kappa shape index (κ3) is 5.33. The van der Waals surface area contributed by atoms with E-state index in [1.807, 2.05) is 13.8 Å². The second-order valence-corrected chi connectivity index (χ2v) is 9.42. The number of benzene rings is 4. The molecule has 0 aliphatic carbocycles. The van der Waals surface area contributed by atoms with Crippen LogP contribution in [0.4, 0.5) is 33.7 Å². The quantitative estimate of drug-likeness (QED) is 0.0832. The van der Waals surface area contributed by atoms with Crippen LogP contribution in [0.2, 0.25) is 0 Å². The maximum absolute atomic E-state index is 14.6. The van der Waals surface area contributed by atoms with Crippen molar-refractivity contribution >= 4 is 28.4 Å². The highest BCUT2D eigenvalue weighted by Gasteiger charge is 2.32. The Morgan fingerprint density at radius 2 is 1.67 bits per heavy atom. The van der Waals surface area contributed by atoms with Crippen LogP contribution in [0.15, 0.2) is 83.0 Å². The summed E-state index contributed by atoms with van der Waals surface area (Å²) in [5.41, 5.74) is 0.781. The van der Waals surface area contributed by atoms with E-state index in [4.69, 9.17) is 5.11 Å². The maximum atomic E-state index is 14.6. The predicted octanol–water partition coefficient (Wildman–Crippen LogP) is 8.96. The highest BCUT2D eigenvalue weighted by molar-refractivity contribution is 5.97. The van der Waals surface area contributed by atoms with Gasteiger partial charge in [-0.05, 0) is 79.1 Å². The fraction of sp³-hybridized carbons (Fsp3) is 0.100. The van der Waals surface area contributed by atoms with Gasteiger partial charge in [-0.3, -0.25) is 4.57 Å². The van der Waals surface area contributed by atoms with Crippen LogP contribution in [-0.4, -0.2) is 26.0 Å². The first-order valence-corrected chi connectivity index (χ1v) is 12.3. The average Bonchev–Trinajstić information content (AvgIpc) is 3.20. The largest absolute Gasteiger partial charge is 0.511 e. The summed E-state index contributed by atoms with van der Waals surface area (Å²) in [6.07, 6.45) is -6.22. The van der Waals surface area contributed by atoms with Gasteiger partial charge in [0.05, 0.1) is 11.1 Å². The van der Waals surface area contributed by atoms with Crippen LogP contribution in [0.3, 0.4) is 0 Å². The zero-order valence-corrected chi connectivity index (χ0v) is 21.9. The molecule has 0 bridgehead atoms. The first kappa shape index (κ1) is 28.1. The minimum atomic E-state index is -4.65. The van der Waals surface area contributed by atoms with Crippen molar-refractivity contribution in [3.63, 3.8) is 0 Å². The Morgan fingerprint density at radius 3 is 2.36 bits per heavy atom. The van der Waals surface area contributed by atoms with Gasteiger partial charge in [0.25, 0.3) is 0 Å². The summed E-state index contributed by atoms with van der Waals surface area (Å²) < 4.78 is 61.2. The third-order valence-corrected chi connectivity index (χ3v) is 6.66. The van der Waals surface area contributed by atoms with Crippen molar-refractivity contribution in [3.8, 4) is 34.2 Å². The number of aryl methyl sites for hydroxylation is 2. The molecule has 0 saturated carbocycles. The first-order valence-electron chi connectivity index (χ1n) is 12.3. The Kier molecular flexibility index (Phi) is 7.07. The highest BCUT2D eigenvalue weighted by Crippen LogP contribution is 2.45. The summed E-state index contributed by atoms with van der Waals surface area (Å²) in [5, 5.41) is 39.0. The van der Waals surface area contributed by atoms with E-state index in [9.17, 15) is 32.6 Å². The van der Waals surface area contributed by atoms with Gasteiger partial charge in [0.2, 0.25) is 5.88 Å².